The first-order valence-electron chi connectivity index (χ1n) is 1.62. The lowest BCUT2D eigenvalue weighted by molar-refractivity contribution is 1.19. The van der Waals surface area contributed by atoms with E-state index in [1.165, 1.54) is 6.20 Å². The van der Waals surface area contributed by atoms with Crippen LogP contribution < -0.4 is 0 Å². The summed E-state index contributed by atoms with van der Waals surface area (Å²) in [5.74, 6) is 0. The normalized spacial score (nSPS) is 8.00. The van der Waals surface area contributed by atoms with Gasteiger partial charge in [-0.15, -0.1) is 0 Å². The van der Waals surface area contributed by atoms with E-state index in [0.717, 1.165) is 0 Å². The smallest absolute Gasteiger partial charge is 0.261 e. The molecule has 0 amide bonds. The van der Waals surface area contributed by atoms with Crippen LogP contribution in [0.3, 0.4) is 0 Å². The third-order valence-corrected chi connectivity index (χ3v) is 0.434. The first-order chi connectivity index (χ1) is 3.00. The average Bonchev–Trinajstić information content (AvgIpc) is 1.72. The van der Waals surface area contributed by atoms with Crippen molar-refractivity contribution in [3.63, 3.8) is 0 Å². The third kappa shape index (κ3) is 0.516. The molecule has 0 fully saturated rings. The van der Waals surface area contributed by atoms with E-state index in [9.17, 15) is 0 Å². The summed E-state index contributed by atoms with van der Waals surface area (Å²) in [6, 6.07) is 0. The summed E-state index contributed by atoms with van der Waals surface area (Å²) in [7, 11) is 0. The number of nitrogens with zero attached hydrogens (tertiary/aromatic N) is 2. The molecule has 0 atom stereocenters. The van der Waals surface area contributed by atoms with E-state index in [1.54, 1.807) is 12.4 Å². The third-order valence-electron chi connectivity index (χ3n) is 0.434. The SMILES string of the molecule is [H+].[c]1cnccn1. The molecule has 1 aromatic heterocycles. The summed E-state index contributed by atoms with van der Waals surface area (Å²) in [4.78, 5) is 7.26. The van der Waals surface area contributed by atoms with Gasteiger partial charge in [0.05, 0.1) is 6.20 Å². The summed E-state index contributed by atoms with van der Waals surface area (Å²) in [6.45, 7) is 0. The molecule has 0 aliphatic heterocycles. The summed E-state index contributed by atoms with van der Waals surface area (Å²) in [6.07, 6.45) is 7.24. The highest BCUT2D eigenvalue weighted by atomic mass is 14.7. The molecule has 0 unspecified atom stereocenters. The minimum absolute atomic E-state index is 0. The molecule has 0 aliphatic carbocycles. The molecule has 0 spiro atoms. The van der Waals surface area contributed by atoms with Gasteiger partial charge in [0.25, 0.3) is 0 Å². The van der Waals surface area contributed by atoms with Crippen molar-refractivity contribution < 1.29 is 1.43 Å². The summed E-state index contributed by atoms with van der Waals surface area (Å²) in [5, 5.41) is 0. The monoisotopic (exact) mass is 80.0 g/mol. The summed E-state index contributed by atoms with van der Waals surface area (Å²) >= 11 is 0. The maximum atomic E-state index is 3.67. The predicted molar refractivity (Wildman–Crippen MR) is 22.0 cm³/mol. The summed E-state index contributed by atoms with van der Waals surface area (Å²) < 4.78 is 0. The first-order valence-corrected chi connectivity index (χ1v) is 1.62. The molecule has 0 N–H and O–H groups in total. The van der Waals surface area contributed by atoms with Crippen LogP contribution in [0.1, 0.15) is 1.43 Å². The minimum atomic E-state index is 0. The van der Waals surface area contributed by atoms with Crippen molar-refractivity contribution in [2.24, 2.45) is 0 Å². The second kappa shape index (κ2) is 1.50. The molecule has 1 aromatic rings. The molecule has 2 heteroatoms. The Bertz CT molecular complexity index is 81.6. The molecule has 0 aliphatic rings. The molecular formula is C4H4N2+. The highest BCUT2D eigenvalue weighted by molar-refractivity contribution is 4.68. The van der Waals surface area contributed by atoms with Crippen molar-refractivity contribution in [3.05, 3.63) is 24.8 Å². The van der Waals surface area contributed by atoms with Gasteiger partial charge >= 0.3 is 1.43 Å². The Morgan fingerprint density at radius 1 is 1.50 bits per heavy atom. The van der Waals surface area contributed by atoms with E-state index >= 15 is 0 Å². The topological polar surface area (TPSA) is 25.8 Å². The number of aromatic nitrogens is 2. The highest BCUT2D eigenvalue weighted by Crippen LogP contribution is 1.64. The largest absolute Gasteiger partial charge is 1.00 e. The Morgan fingerprint density at radius 2 is 2.50 bits per heavy atom. The van der Waals surface area contributed by atoms with Crippen molar-refractivity contribution in [2.45, 2.75) is 0 Å². The van der Waals surface area contributed by atoms with Gasteiger partial charge < -0.3 is 0 Å². The van der Waals surface area contributed by atoms with Crippen LogP contribution in [0.4, 0.5) is 0 Å². The van der Waals surface area contributed by atoms with Crippen LogP contribution in [-0.2, 0) is 0 Å². The van der Waals surface area contributed by atoms with Gasteiger partial charge in [-0.05, 0) is 0 Å². The molecule has 29 valence electrons. The molecule has 0 bridgehead atoms. The van der Waals surface area contributed by atoms with E-state index in [4.69, 9.17) is 0 Å². The average molecular weight is 80.1 g/mol. The molecule has 0 saturated heterocycles. The van der Waals surface area contributed by atoms with Gasteiger partial charge in [-0.1, -0.05) is 0 Å². The van der Waals surface area contributed by atoms with E-state index in [1.807, 2.05) is 0 Å². The van der Waals surface area contributed by atoms with Gasteiger partial charge in [0.2, 0.25) is 0 Å². The predicted octanol–water partition coefficient (Wildman–Crippen LogP) is 0.389. The highest BCUT2D eigenvalue weighted by Gasteiger charge is 1.60. The Labute approximate surface area is 37.4 Å². The Morgan fingerprint density at radius 3 is 2.67 bits per heavy atom. The van der Waals surface area contributed by atoms with Crippen molar-refractivity contribution in [2.75, 3.05) is 0 Å². The zero-order valence-electron chi connectivity index (χ0n) is 4.13. The lowest BCUT2D eigenvalue weighted by Gasteiger charge is -1.68. The van der Waals surface area contributed by atoms with Crippen molar-refractivity contribution in [1.29, 1.82) is 0 Å². The molecule has 2 nitrogen and oxygen atoms in total. The van der Waals surface area contributed by atoms with E-state index in [0.29, 0.717) is 0 Å². The van der Waals surface area contributed by atoms with Crippen LogP contribution in [0.2, 0.25) is 0 Å². The zero-order chi connectivity index (χ0) is 4.24. The van der Waals surface area contributed by atoms with E-state index in [-0.39, 0.29) is 1.43 Å². The molecule has 1 rings (SSSR count). The lowest BCUT2D eigenvalue weighted by Crippen LogP contribution is -1.67. The van der Waals surface area contributed by atoms with Gasteiger partial charge in [-0.2, -0.15) is 0 Å². The van der Waals surface area contributed by atoms with E-state index in [2.05, 4.69) is 16.2 Å². The van der Waals surface area contributed by atoms with Crippen molar-refractivity contribution in [1.82, 2.24) is 9.97 Å². The standard InChI is InChI=1S/C4H3N2/c1-2-6-4-3-5-1/h1-3H/p+1. The Hall–Kier alpha value is -0.920. The van der Waals surface area contributed by atoms with Gasteiger partial charge in [0.1, 0.15) is 6.20 Å². The molecule has 1 heterocycles. The van der Waals surface area contributed by atoms with Crippen LogP contribution in [0.5, 0.6) is 0 Å². The number of hydrogen-bond acceptors (Lipinski definition) is 2. The van der Waals surface area contributed by atoms with E-state index < -0.39 is 0 Å². The molecule has 0 aromatic carbocycles. The fourth-order valence-electron chi connectivity index (χ4n) is 0.225. The second-order valence-corrected chi connectivity index (χ2v) is 0.835. The zero-order valence-corrected chi connectivity index (χ0v) is 3.13. The van der Waals surface area contributed by atoms with Crippen molar-refractivity contribution >= 4 is 0 Å². The van der Waals surface area contributed by atoms with Gasteiger partial charge in [-0.3, -0.25) is 9.97 Å². The number of rotatable bonds is 0. The van der Waals surface area contributed by atoms with Gasteiger partial charge in [-0.25, -0.2) is 0 Å². The maximum absolute atomic E-state index is 3.67. The molecule has 1 radical (unpaired) electrons. The van der Waals surface area contributed by atoms with Crippen molar-refractivity contribution in [3.8, 4) is 0 Å². The van der Waals surface area contributed by atoms with Crippen LogP contribution in [0.15, 0.2) is 18.6 Å². The summed E-state index contributed by atoms with van der Waals surface area (Å²) in [5.41, 5.74) is 0. The molecule has 0 saturated carbocycles. The first kappa shape index (κ1) is 3.28. The van der Waals surface area contributed by atoms with Crippen LogP contribution in [-0.4, -0.2) is 9.97 Å². The van der Waals surface area contributed by atoms with Crippen LogP contribution >= 0.6 is 0 Å². The Kier molecular flexibility index (Phi) is 0.819. The Balaban J connectivity index is 0.000000360. The number of hydrogen-bond donors (Lipinski definition) is 0. The maximum Gasteiger partial charge on any atom is 1.00 e. The fraction of sp³-hybridized carbons (Fsp3) is 0. The fourth-order valence-corrected chi connectivity index (χ4v) is 0.225. The van der Waals surface area contributed by atoms with Crippen LogP contribution in [0, 0.1) is 6.20 Å². The quantitative estimate of drug-likeness (QED) is 0.450. The van der Waals surface area contributed by atoms with Gasteiger partial charge in [0, 0.05) is 12.4 Å². The van der Waals surface area contributed by atoms with Gasteiger partial charge in [0.15, 0.2) is 0 Å². The minimum Gasteiger partial charge on any atom is -0.261 e. The molecular weight excluding hydrogens is 76.1 g/mol. The lowest BCUT2D eigenvalue weighted by atomic mass is 10.8. The molecule has 6 heavy (non-hydrogen) atoms. The second-order valence-electron chi connectivity index (χ2n) is 0.835. The van der Waals surface area contributed by atoms with Crippen LogP contribution in [0.25, 0.3) is 0 Å².